The standard InChI is InChI=1S/C14H28O4Si/c1-6-7-8-9-12(18-16)10-13(19(3,4)5)11-14(15)17-2/h10,12,16H,6-9,11H2,1-5H3/b13-10-. The van der Waals surface area contributed by atoms with E-state index in [1.165, 1.54) is 7.11 Å². The Bertz CT molecular complexity index is 294. The minimum absolute atomic E-state index is 0.237. The highest BCUT2D eigenvalue weighted by atomic mass is 28.3. The highest BCUT2D eigenvalue weighted by Crippen LogP contribution is 2.21. The van der Waals surface area contributed by atoms with Crippen LogP contribution in [0.1, 0.15) is 39.0 Å². The average molecular weight is 288 g/mol. The Balaban J connectivity index is 4.79. The van der Waals surface area contributed by atoms with Crippen LogP contribution in [0.5, 0.6) is 0 Å². The van der Waals surface area contributed by atoms with Gasteiger partial charge in [0.1, 0.15) is 6.10 Å². The van der Waals surface area contributed by atoms with E-state index in [9.17, 15) is 4.79 Å². The molecule has 0 aliphatic carbocycles. The maximum Gasteiger partial charge on any atom is 0.309 e. The second-order valence-electron chi connectivity index (χ2n) is 5.83. The summed E-state index contributed by atoms with van der Waals surface area (Å²) >= 11 is 0. The van der Waals surface area contributed by atoms with Gasteiger partial charge in [-0.2, -0.15) is 0 Å². The molecule has 0 aliphatic heterocycles. The summed E-state index contributed by atoms with van der Waals surface area (Å²) in [5.41, 5.74) is 0. The third kappa shape index (κ3) is 8.18. The van der Waals surface area contributed by atoms with Crippen LogP contribution in [0.15, 0.2) is 11.3 Å². The first-order valence-corrected chi connectivity index (χ1v) is 10.4. The van der Waals surface area contributed by atoms with Crippen LogP contribution in [-0.4, -0.2) is 32.5 Å². The molecule has 19 heavy (non-hydrogen) atoms. The number of unbranched alkanes of at least 4 members (excludes halogenated alkanes) is 2. The Morgan fingerprint density at radius 3 is 2.37 bits per heavy atom. The summed E-state index contributed by atoms with van der Waals surface area (Å²) in [5, 5.41) is 10.1. The van der Waals surface area contributed by atoms with Crippen LogP contribution >= 0.6 is 0 Å². The van der Waals surface area contributed by atoms with E-state index in [4.69, 9.17) is 9.99 Å². The zero-order valence-electron chi connectivity index (χ0n) is 12.9. The van der Waals surface area contributed by atoms with Gasteiger partial charge in [-0.15, -0.1) is 0 Å². The molecule has 0 spiro atoms. The maximum atomic E-state index is 11.5. The molecule has 0 aromatic heterocycles. The molecule has 0 aromatic rings. The lowest BCUT2D eigenvalue weighted by Gasteiger charge is -2.22. The van der Waals surface area contributed by atoms with Gasteiger partial charge in [-0.05, 0) is 6.42 Å². The van der Waals surface area contributed by atoms with Gasteiger partial charge < -0.3 is 4.74 Å². The van der Waals surface area contributed by atoms with Crippen molar-refractivity contribution in [2.24, 2.45) is 0 Å². The third-order valence-corrected chi connectivity index (χ3v) is 5.41. The lowest BCUT2D eigenvalue weighted by molar-refractivity contribution is -0.267. The summed E-state index contributed by atoms with van der Waals surface area (Å²) in [6.45, 7) is 8.64. The molecule has 0 bridgehead atoms. The van der Waals surface area contributed by atoms with Crippen LogP contribution in [0.2, 0.25) is 19.6 Å². The van der Waals surface area contributed by atoms with E-state index in [1.54, 1.807) is 0 Å². The van der Waals surface area contributed by atoms with Crippen molar-refractivity contribution in [1.29, 1.82) is 0 Å². The molecular formula is C14H28O4Si. The normalized spacial score (nSPS) is 14.3. The van der Waals surface area contributed by atoms with Crippen LogP contribution in [0.3, 0.4) is 0 Å². The molecule has 0 saturated carbocycles. The van der Waals surface area contributed by atoms with Crippen LogP contribution < -0.4 is 0 Å². The SMILES string of the molecule is CCCCCC(/C=C(/CC(=O)OC)[Si](C)(C)C)OO. The zero-order valence-corrected chi connectivity index (χ0v) is 13.9. The molecule has 1 atom stereocenters. The molecule has 0 radical (unpaired) electrons. The van der Waals surface area contributed by atoms with Gasteiger partial charge >= 0.3 is 5.97 Å². The van der Waals surface area contributed by atoms with Gasteiger partial charge in [0, 0.05) is 0 Å². The molecule has 0 aromatic carbocycles. The topological polar surface area (TPSA) is 55.8 Å². The molecule has 0 heterocycles. The Hall–Kier alpha value is -0.653. The van der Waals surface area contributed by atoms with Crippen molar-refractivity contribution in [3.63, 3.8) is 0 Å². The quantitative estimate of drug-likeness (QED) is 0.230. The first-order valence-electron chi connectivity index (χ1n) is 6.93. The molecule has 5 heteroatoms. The van der Waals surface area contributed by atoms with Gasteiger partial charge in [0.15, 0.2) is 0 Å². The van der Waals surface area contributed by atoms with E-state index in [0.717, 1.165) is 30.9 Å². The molecule has 112 valence electrons. The second-order valence-corrected chi connectivity index (χ2v) is 11.0. The van der Waals surface area contributed by atoms with Gasteiger partial charge in [-0.1, -0.05) is 57.1 Å². The fraction of sp³-hybridized carbons (Fsp3) is 0.786. The van der Waals surface area contributed by atoms with E-state index < -0.39 is 8.07 Å². The Morgan fingerprint density at radius 1 is 1.32 bits per heavy atom. The lowest BCUT2D eigenvalue weighted by atomic mass is 10.1. The second kappa shape index (κ2) is 9.28. The van der Waals surface area contributed by atoms with E-state index in [1.807, 2.05) is 6.08 Å². The molecule has 0 amide bonds. The van der Waals surface area contributed by atoms with Gasteiger partial charge in [0.25, 0.3) is 0 Å². The van der Waals surface area contributed by atoms with Crippen LogP contribution in [0, 0.1) is 0 Å². The molecule has 4 nitrogen and oxygen atoms in total. The first kappa shape index (κ1) is 18.3. The number of methoxy groups -OCH3 is 1. The Labute approximate surface area is 117 Å². The average Bonchev–Trinajstić information content (AvgIpc) is 2.35. The summed E-state index contributed by atoms with van der Waals surface area (Å²) in [5.74, 6) is -0.237. The summed E-state index contributed by atoms with van der Waals surface area (Å²) in [6.07, 6.45) is 5.92. The molecule has 1 N–H and O–H groups in total. The molecule has 0 saturated heterocycles. The van der Waals surface area contributed by atoms with Gasteiger partial charge in [0.2, 0.25) is 0 Å². The number of hydrogen-bond acceptors (Lipinski definition) is 4. The van der Waals surface area contributed by atoms with Crippen LogP contribution in [0.25, 0.3) is 0 Å². The molecule has 1 unspecified atom stereocenters. The van der Waals surface area contributed by atoms with Crippen LogP contribution in [0.4, 0.5) is 0 Å². The van der Waals surface area contributed by atoms with Gasteiger partial charge in [-0.25, -0.2) is 4.89 Å². The maximum absolute atomic E-state index is 11.5. The monoisotopic (exact) mass is 288 g/mol. The minimum Gasteiger partial charge on any atom is -0.469 e. The fourth-order valence-corrected chi connectivity index (χ4v) is 3.15. The van der Waals surface area contributed by atoms with Crippen molar-refractivity contribution in [3.8, 4) is 0 Å². The van der Waals surface area contributed by atoms with E-state index in [0.29, 0.717) is 6.42 Å². The fourth-order valence-electron chi connectivity index (χ4n) is 1.79. The predicted molar refractivity (Wildman–Crippen MR) is 79.7 cm³/mol. The lowest BCUT2D eigenvalue weighted by Crippen LogP contribution is -2.28. The number of hydrogen-bond donors (Lipinski definition) is 1. The van der Waals surface area contributed by atoms with Crippen molar-refractivity contribution in [2.75, 3.05) is 7.11 Å². The zero-order chi connectivity index (χ0) is 14.9. The van der Waals surface area contributed by atoms with E-state index >= 15 is 0 Å². The van der Waals surface area contributed by atoms with Crippen LogP contribution in [-0.2, 0) is 14.4 Å². The Kier molecular flexibility index (Phi) is 8.96. The summed E-state index contributed by atoms with van der Waals surface area (Å²) in [7, 11) is -0.229. The van der Waals surface area contributed by atoms with Crippen molar-refractivity contribution < 1.29 is 19.7 Å². The van der Waals surface area contributed by atoms with E-state index in [-0.39, 0.29) is 12.1 Å². The minimum atomic E-state index is -1.62. The summed E-state index contributed by atoms with van der Waals surface area (Å²) in [6, 6.07) is 0. The summed E-state index contributed by atoms with van der Waals surface area (Å²) < 4.78 is 4.73. The smallest absolute Gasteiger partial charge is 0.309 e. The first-order chi connectivity index (χ1) is 8.85. The number of ether oxygens (including phenoxy) is 1. The number of carbonyl (C=O) groups excluding carboxylic acids is 1. The van der Waals surface area contributed by atoms with Crippen molar-refractivity contribution >= 4 is 14.0 Å². The predicted octanol–water partition coefficient (Wildman–Crippen LogP) is 3.79. The molecule has 0 fully saturated rings. The van der Waals surface area contributed by atoms with Crippen molar-refractivity contribution in [3.05, 3.63) is 11.3 Å². The third-order valence-electron chi connectivity index (χ3n) is 3.14. The number of esters is 1. The number of rotatable bonds is 9. The van der Waals surface area contributed by atoms with Crippen molar-refractivity contribution in [2.45, 2.75) is 64.8 Å². The van der Waals surface area contributed by atoms with Gasteiger partial charge in [0.05, 0.1) is 21.6 Å². The highest BCUT2D eigenvalue weighted by molar-refractivity contribution is 6.83. The highest BCUT2D eigenvalue weighted by Gasteiger charge is 2.23. The van der Waals surface area contributed by atoms with Crippen molar-refractivity contribution in [1.82, 2.24) is 0 Å². The number of carbonyl (C=O) groups is 1. The Morgan fingerprint density at radius 2 is 1.95 bits per heavy atom. The van der Waals surface area contributed by atoms with E-state index in [2.05, 4.69) is 31.5 Å². The molecule has 0 rings (SSSR count). The molecular weight excluding hydrogens is 260 g/mol. The summed E-state index contributed by atoms with van der Waals surface area (Å²) in [4.78, 5) is 16.0. The molecule has 0 aliphatic rings. The largest absolute Gasteiger partial charge is 0.469 e. The van der Waals surface area contributed by atoms with Gasteiger partial charge in [-0.3, -0.25) is 10.1 Å².